The number of amides is 1. The maximum absolute atomic E-state index is 11.2. The second-order valence-electron chi connectivity index (χ2n) is 6.05. The van der Waals surface area contributed by atoms with Crippen LogP contribution in [0.1, 0.15) is 18.1 Å². The Morgan fingerprint density at radius 1 is 1.36 bits per heavy atom. The molecule has 1 aliphatic heterocycles. The minimum Gasteiger partial charge on any atom is -0.467 e. The van der Waals surface area contributed by atoms with Gasteiger partial charge < -0.3 is 14.8 Å². The lowest BCUT2D eigenvalue weighted by molar-refractivity contribution is -0.114. The predicted octanol–water partition coefficient (Wildman–Crippen LogP) is 3.43. The highest BCUT2D eigenvalue weighted by molar-refractivity contribution is 7.98. The first-order valence-corrected chi connectivity index (χ1v) is 9.77. The minimum absolute atomic E-state index is 0.141. The van der Waals surface area contributed by atoms with Gasteiger partial charge in [-0.25, -0.2) is 0 Å². The zero-order valence-electron chi connectivity index (χ0n) is 14.9. The highest BCUT2D eigenvalue weighted by Crippen LogP contribution is 2.34. The number of hydrogen-bond acceptors (Lipinski definition) is 7. The van der Waals surface area contributed by atoms with Crippen molar-refractivity contribution in [3.8, 4) is 11.4 Å². The fourth-order valence-corrected chi connectivity index (χ4v) is 3.78. The van der Waals surface area contributed by atoms with E-state index in [1.54, 1.807) is 12.1 Å². The molecule has 0 aliphatic carbocycles. The van der Waals surface area contributed by atoms with Crippen LogP contribution in [0.2, 0.25) is 5.02 Å². The third-order valence-electron chi connectivity index (χ3n) is 3.90. The number of ether oxygens (including phenoxy) is 2. The molecular weight excluding hydrogens is 402 g/mol. The quantitative estimate of drug-likeness (QED) is 0.636. The zero-order chi connectivity index (χ0) is 19.5. The Morgan fingerprint density at radius 2 is 2.25 bits per heavy atom. The molecule has 2 heterocycles. The number of hydrogen-bond donors (Lipinski definition) is 1. The number of benzene rings is 2. The number of rotatable bonds is 5. The van der Waals surface area contributed by atoms with Crippen LogP contribution in [0.5, 0.6) is 5.75 Å². The number of thioether (sulfide) groups is 1. The van der Waals surface area contributed by atoms with E-state index in [9.17, 15) is 4.79 Å². The fourth-order valence-electron chi connectivity index (χ4n) is 2.79. The van der Waals surface area contributed by atoms with Gasteiger partial charge in [0.25, 0.3) is 0 Å². The number of carbonyl (C=O) groups is 1. The Balaban J connectivity index is 1.49. The normalized spacial score (nSPS) is 12.9. The van der Waals surface area contributed by atoms with Crippen LogP contribution in [-0.2, 0) is 21.9 Å². The lowest BCUT2D eigenvalue weighted by Gasteiger charge is -2.20. The van der Waals surface area contributed by atoms with Crippen molar-refractivity contribution in [2.45, 2.75) is 24.4 Å². The molecule has 4 rings (SSSR count). The van der Waals surface area contributed by atoms with Crippen LogP contribution in [-0.4, -0.2) is 32.9 Å². The molecule has 8 nitrogen and oxygen atoms in total. The maximum atomic E-state index is 11.2. The molecule has 0 spiro atoms. The molecular formula is C18H16ClN5O3S. The van der Waals surface area contributed by atoms with Gasteiger partial charge in [-0.05, 0) is 35.5 Å². The summed E-state index contributed by atoms with van der Waals surface area (Å²) in [4.78, 5) is 12.6. The molecule has 0 bridgehead atoms. The Bertz CT molecular complexity index is 1030. The van der Waals surface area contributed by atoms with Crippen molar-refractivity contribution >= 4 is 35.0 Å². The third-order valence-corrected chi connectivity index (χ3v) is 5.00. The minimum atomic E-state index is -0.141. The van der Waals surface area contributed by atoms with Crippen LogP contribution < -0.4 is 10.1 Å². The average molecular weight is 418 g/mol. The largest absolute Gasteiger partial charge is 0.467 e. The van der Waals surface area contributed by atoms with E-state index in [0.29, 0.717) is 33.9 Å². The number of anilines is 1. The van der Waals surface area contributed by atoms with E-state index < -0.39 is 0 Å². The topological polar surface area (TPSA) is 91.2 Å². The van der Waals surface area contributed by atoms with E-state index in [1.165, 1.54) is 23.5 Å². The molecule has 0 saturated carbocycles. The van der Waals surface area contributed by atoms with Crippen LogP contribution >= 0.6 is 23.4 Å². The number of fused-ring (bicyclic) bond motifs is 1. The summed E-state index contributed by atoms with van der Waals surface area (Å²) >= 11 is 7.63. The number of nitrogens with one attached hydrogen (secondary N) is 1. The van der Waals surface area contributed by atoms with Crippen LogP contribution in [0.3, 0.4) is 0 Å². The lowest BCUT2D eigenvalue weighted by atomic mass is 10.1. The number of carbonyl (C=O) groups excluding carboxylic acids is 1. The van der Waals surface area contributed by atoms with Gasteiger partial charge in [-0.15, -0.1) is 15.0 Å². The van der Waals surface area contributed by atoms with Gasteiger partial charge in [0.15, 0.2) is 6.79 Å². The smallest absolute Gasteiger partial charge is 0.231 e. The summed E-state index contributed by atoms with van der Waals surface area (Å²) < 4.78 is 10.9. The molecule has 2 aromatic carbocycles. The van der Waals surface area contributed by atoms with Crippen molar-refractivity contribution < 1.29 is 14.3 Å². The van der Waals surface area contributed by atoms with E-state index in [0.717, 1.165) is 16.9 Å². The Hall–Kier alpha value is -2.62. The molecule has 0 atom stereocenters. The summed E-state index contributed by atoms with van der Waals surface area (Å²) in [6.07, 6.45) is 0. The first-order valence-electron chi connectivity index (χ1n) is 8.41. The van der Waals surface area contributed by atoms with Gasteiger partial charge in [-0.3, -0.25) is 4.79 Å². The van der Waals surface area contributed by atoms with E-state index in [1.807, 2.05) is 24.3 Å². The predicted molar refractivity (Wildman–Crippen MR) is 105 cm³/mol. The monoisotopic (exact) mass is 417 g/mol. The van der Waals surface area contributed by atoms with E-state index in [2.05, 4.69) is 20.7 Å². The van der Waals surface area contributed by atoms with Gasteiger partial charge in [0.05, 0.1) is 12.3 Å². The highest BCUT2D eigenvalue weighted by atomic mass is 35.5. The van der Waals surface area contributed by atoms with Gasteiger partial charge in [-0.2, -0.15) is 0 Å². The molecule has 1 aliphatic rings. The standard InChI is InChI=1S/C18H16ClN5O3S/c1-11(25)20-15-3-2-4-16(7-15)24-22-18(21-23-24)28-9-13-6-14(19)5-12-8-26-10-27-17(12)13/h2-7H,8-10H2,1H3,(H,20,25). The number of aromatic nitrogens is 4. The molecule has 1 N–H and O–H groups in total. The zero-order valence-corrected chi connectivity index (χ0v) is 16.5. The molecule has 3 aromatic rings. The molecule has 0 saturated heterocycles. The summed E-state index contributed by atoms with van der Waals surface area (Å²) in [6, 6.07) is 10.9. The van der Waals surface area contributed by atoms with Crippen molar-refractivity contribution in [2.75, 3.05) is 12.1 Å². The summed E-state index contributed by atoms with van der Waals surface area (Å²) in [5, 5.41) is 16.5. The third kappa shape index (κ3) is 4.27. The Labute approximate surface area is 170 Å². The molecule has 10 heteroatoms. The summed E-state index contributed by atoms with van der Waals surface area (Å²) in [6.45, 7) is 2.16. The van der Waals surface area contributed by atoms with Crippen LogP contribution in [0.4, 0.5) is 5.69 Å². The summed E-state index contributed by atoms with van der Waals surface area (Å²) in [7, 11) is 0. The van der Waals surface area contributed by atoms with E-state index in [4.69, 9.17) is 21.1 Å². The maximum Gasteiger partial charge on any atom is 0.231 e. The van der Waals surface area contributed by atoms with E-state index in [-0.39, 0.29) is 12.7 Å². The first kappa shape index (κ1) is 18.7. The second kappa shape index (κ2) is 8.17. The molecule has 144 valence electrons. The molecule has 28 heavy (non-hydrogen) atoms. The first-order chi connectivity index (χ1) is 13.6. The summed E-state index contributed by atoms with van der Waals surface area (Å²) in [5.74, 6) is 1.25. The van der Waals surface area contributed by atoms with Gasteiger partial charge in [-0.1, -0.05) is 29.4 Å². The van der Waals surface area contributed by atoms with Crippen molar-refractivity contribution in [2.24, 2.45) is 0 Å². The van der Waals surface area contributed by atoms with Crippen molar-refractivity contribution in [1.29, 1.82) is 0 Å². The van der Waals surface area contributed by atoms with Gasteiger partial charge in [0.2, 0.25) is 11.1 Å². The molecule has 1 aromatic heterocycles. The molecule has 1 amide bonds. The van der Waals surface area contributed by atoms with Crippen LogP contribution in [0.25, 0.3) is 5.69 Å². The van der Waals surface area contributed by atoms with Crippen molar-refractivity contribution in [1.82, 2.24) is 20.2 Å². The number of nitrogens with zero attached hydrogens (tertiary/aromatic N) is 4. The molecule has 0 unspecified atom stereocenters. The van der Waals surface area contributed by atoms with Crippen LogP contribution in [0, 0.1) is 0 Å². The Morgan fingerprint density at radius 3 is 3.11 bits per heavy atom. The lowest BCUT2D eigenvalue weighted by Crippen LogP contribution is -2.13. The van der Waals surface area contributed by atoms with Crippen molar-refractivity contribution in [3.05, 3.63) is 52.5 Å². The van der Waals surface area contributed by atoms with Crippen molar-refractivity contribution in [3.63, 3.8) is 0 Å². The van der Waals surface area contributed by atoms with Gasteiger partial charge in [0.1, 0.15) is 5.75 Å². The van der Waals surface area contributed by atoms with Gasteiger partial charge in [0, 0.05) is 34.5 Å². The molecule has 0 fully saturated rings. The number of tetrazole rings is 1. The average Bonchev–Trinajstić information content (AvgIpc) is 3.15. The molecule has 0 radical (unpaired) electrons. The number of halogens is 1. The Kier molecular flexibility index (Phi) is 5.47. The fraction of sp³-hybridized carbons (Fsp3) is 0.222. The summed E-state index contributed by atoms with van der Waals surface area (Å²) in [5.41, 5.74) is 3.26. The van der Waals surface area contributed by atoms with Crippen LogP contribution in [0.15, 0.2) is 41.6 Å². The SMILES string of the molecule is CC(=O)Nc1cccc(-n2nnc(SCc3cc(Cl)cc4c3OCOC4)n2)c1. The second-order valence-corrected chi connectivity index (χ2v) is 7.42. The highest BCUT2D eigenvalue weighted by Gasteiger charge is 2.17. The van der Waals surface area contributed by atoms with Gasteiger partial charge >= 0.3 is 0 Å². The van der Waals surface area contributed by atoms with E-state index >= 15 is 0 Å².